The van der Waals surface area contributed by atoms with Gasteiger partial charge in [-0.05, 0) is 54.0 Å². The molecule has 3 aromatic rings. The van der Waals surface area contributed by atoms with Crippen molar-refractivity contribution >= 4 is 24.0 Å². The first-order chi connectivity index (χ1) is 13.3. The SMILES string of the molecule is Cc1cc(C(C)C)cc(-c2c3ccc([Si]4(C)CCCC4)cc3cc[n+]2C)c1C. The number of rotatable bonds is 3. The molecule has 0 radical (unpaired) electrons. The summed E-state index contributed by atoms with van der Waals surface area (Å²) >= 11 is 0. The van der Waals surface area contributed by atoms with Crippen molar-refractivity contribution in [2.24, 2.45) is 7.05 Å². The molecule has 1 aliphatic heterocycles. The summed E-state index contributed by atoms with van der Waals surface area (Å²) in [6.45, 7) is 11.7. The predicted molar refractivity (Wildman–Crippen MR) is 124 cm³/mol. The highest BCUT2D eigenvalue weighted by Gasteiger charge is 2.33. The molecule has 0 atom stereocenters. The second-order valence-electron chi connectivity index (χ2n) is 9.51. The maximum absolute atomic E-state index is 2.59. The number of pyridine rings is 1. The van der Waals surface area contributed by atoms with Crippen LogP contribution in [0.3, 0.4) is 0 Å². The molecule has 2 heteroatoms. The lowest BCUT2D eigenvalue weighted by Crippen LogP contribution is -2.41. The summed E-state index contributed by atoms with van der Waals surface area (Å²) in [5.41, 5.74) is 6.95. The van der Waals surface area contributed by atoms with E-state index in [0.29, 0.717) is 5.92 Å². The highest BCUT2D eigenvalue weighted by molar-refractivity contribution is 6.91. The zero-order chi connectivity index (χ0) is 20.1. The Labute approximate surface area is 171 Å². The molecule has 2 aromatic carbocycles. The van der Waals surface area contributed by atoms with Crippen LogP contribution in [0.2, 0.25) is 18.6 Å². The van der Waals surface area contributed by atoms with Crippen LogP contribution in [0.15, 0.2) is 42.6 Å². The van der Waals surface area contributed by atoms with Crippen molar-refractivity contribution in [2.75, 3.05) is 0 Å². The van der Waals surface area contributed by atoms with Crippen molar-refractivity contribution < 1.29 is 4.57 Å². The summed E-state index contributed by atoms with van der Waals surface area (Å²) in [7, 11) is 0.947. The van der Waals surface area contributed by atoms with E-state index in [-0.39, 0.29) is 0 Å². The number of nitrogens with zero attached hydrogens (tertiary/aromatic N) is 1. The first kappa shape index (κ1) is 19.4. The van der Waals surface area contributed by atoms with E-state index in [1.54, 1.807) is 5.19 Å². The van der Waals surface area contributed by atoms with E-state index in [9.17, 15) is 0 Å². The van der Waals surface area contributed by atoms with Crippen LogP contribution in [-0.4, -0.2) is 8.07 Å². The van der Waals surface area contributed by atoms with E-state index in [1.165, 1.54) is 63.7 Å². The Kier molecular flexibility index (Phi) is 4.95. The average molecular weight is 389 g/mol. The van der Waals surface area contributed by atoms with Gasteiger partial charge in [-0.25, -0.2) is 4.57 Å². The van der Waals surface area contributed by atoms with Crippen LogP contribution in [0.25, 0.3) is 22.0 Å². The second kappa shape index (κ2) is 7.15. The summed E-state index contributed by atoms with van der Waals surface area (Å²) in [4.78, 5) is 0. The summed E-state index contributed by atoms with van der Waals surface area (Å²) in [5, 5.41) is 4.44. The number of aryl methyl sites for hydroxylation is 2. The molecule has 146 valence electrons. The fourth-order valence-corrected chi connectivity index (χ4v) is 8.87. The Hall–Kier alpha value is -1.93. The average Bonchev–Trinajstić information content (AvgIpc) is 3.11. The van der Waals surface area contributed by atoms with Crippen molar-refractivity contribution in [3.05, 3.63) is 59.3 Å². The molecule has 0 bridgehead atoms. The number of hydrogen-bond donors (Lipinski definition) is 0. The zero-order valence-electron chi connectivity index (χ0n) is 18.4. The second-order valence-corrected chi connectivity index (χ2v) is 14.2. The molecule has 0 N–H and O–H groups in total. The summed E-state index contributed by atoms with van der Waals surface area (Å²) in [5.74, 6) is 0.540. The molecule has 0 unspecified atom stereocenters. The van der Waals surface area contributed by atoms with Gasteiger partial charge in [0, 0.05) is 6.07 Å². The Morgan fingerprint density at radius 2 is 1.68 bits per heavy atom. The minimum Gasteiger partial charge on any atom is -0.200 e. The lowest BCUT2D eigenvalue weighted by molar-refractivity contribution is -0.659. The minimum absolute atomic E-state index is 0.540. The fourth-order valence-electron chi connectivity index (χ4n) is 4.99. The monoisotopic (exact) mass is 388 g/mol. The van der Waals surface area contributed by atoms with E-state index in [1.807, 2.05) is 0 Å². The third-order valence-corrected chi connectivity index (χ3v) is 11.8. The first-order valence-corrected chi connectivity index (χ1v) is 13.8. The van der Waals surface area contributed by atoms with E-state index in [4.69, 9.17) is 0 Å². The van der Waals surface area contributed by atoms with E-state index in [2.05, 4.69) is 88.5 Å². The Balaban J connectivity index is 1.94. The Morgan fingerprint density at radius 1 is 0.964 bits per heavy atom. The van der Waals surface area contributed by atoms with Crippen molar-refractivity contribution in [2.45, 2.75) is 65.1 Å². The summed E-state index contributed by atoms with van der Waals surface area (Å²) in [6, 6.07) is 17.4. The van der Waals surface area contributed by atoms with Crippen LogP contribution < -0.4 is 9.75 Å². The third-order valence-electron chi connectivity index (χ3n) is 7.15. The van der Waals surface area contributed by atoms with Crippen molar-refractivity contribution in [1.29, 1.82) is 0 Å². The summed E-state index contributed by atoms with van der Waals surface area (Å²) in [6.07, 6.45) is 5.10. The van der Waals surface area contributed by atoms with Gasteiger partial charge < -0.3 is 0 Å². The van der Waals surface area contributed by atoms with Gasteiger partial charge in [-0.15, -0.1) is 0 Å². The quantitative estimate of drug-likeness (QED) is 0.374. The first-order valence-electron chi connectivity index (χ1n) is 10.8. The lowest BCUT2D eigenvalue weighted by Gasteiger charge is -2.22. The van der Waals surface area contributed by atoms with Gasteiger partial charge in [0.05, 0.1) is 19.0 Å². The van der Waals surface area contributed by atoms with Gasteiger partial charge in [0.15, 0.2) is 6.20 Å². The molecule has 1 nitrogen and oxygen atoms in total. The van der Waals surface area contributed by atoms with Gasteiger partial charge in [-0.3, -0.25) is 0 Å². The van der Waals surface area contributed by atoms with Crippen molar-refractivity contribution in [3.63, 3.8) is 0 Å². The predicted octanol–water partition coefficient (Wildman–Crippen LogP) is 6.15. The normalized spacial score (nSPS) is 16.2. The maximum atomic E-state index is 2.59. The zero-order valence-corrected chi connectivity index (χ0v) is 19.4. The number of aromatic nitrogens is 1. The molecule has 1 aliphatic rings. The van der Waals surface area contributed by atoms with Gasteiger partial charge >= 0.3 is 0 Å². The topological polar surface area (TPSA) is 3.88 Å². The van der Waals surface area contributed by atoms with Gasteiger partial charge in [0.1, 0.15) is 7.05 Å². The van der Waals surface area contributed by atoms with Gasteiger partial charge in [0.2, 0.25) is 5.69 Å². The van der Waals surface area contributed by atoms with Crippen LogP contribution >= 0.6 is 0 Å². The van der Waals surface area contributed by atoms with Crippen LogP contribution in [0.5, 0.6) is 0 Å². The van der Waals surface area contributed by atoms with Crippen LogP contribution in [0.4, 0.5) is 0 Å². The molecule has 1 aromatic heterocycles. The molecule has 1 fully saturated rings. The number of hydrogen-bond acceptors (Lipinski definition) is 0. The molecular weight excluding hydrogens is 354 g/mol. The smallest absolute Gasteiger partial charge is 0.200 e. The molecule has 1 saturated heterocycles. The molecule has 0 amide bonds. The lowest BCUT2D eigenvalue weighted by atomic mass is 9.91. The summed E-state index contributed by atoms with van der Waals surface area (Å²) < 4.78 is 2.31. The number of fused-ring (bicyclic) bond motifs is 1. The van der Waals surface area contributed by atoms with Gasteiger partial charge in [-0.2, -0.15) is 0 Å². The third kappa shape index (κ3) is 3.22. The highest BCUT2D eigenvalue weighted by atomic mass is 28.3. The van der Waals surface area contributed by atoms with E-state index in [0.717, 1.165) is 0 Å². The van der Waals surface area contributed by atoms with E-state index < -0.39 is 8.07 Å². The maximum Gasteiger partial charge on any atom is 0.220 e. The molecule has 28 heavy (non-hydrogen) atoms. The molecular formula is C26H34NSi+. The minimum atomic E-state index is -1.24. The fraction of sp³-hybridized carbons (Fsp3) is 0.423. The number of benzene rings is 2. The highest BCUT2D eigenvalue weighted by Crippen LogP contribution is 2.34. The van der Waals surface area contributed by atoms with Crippen molar-refractivity contribution in [1.82, 2.24) is 0 Å². The Morgan fingerprint density at radius 3 is 2.36 bits per heavy atom. The molecule has 2 heterocycles. The van der Waals surface area contributed by atoms with Crippen molar-refractivity contribution in [3.8, 4) is 11.3 Å². The molecule has 0 saturated carbocycles. The standard InChI is InChI=1S/C26H34NSi/c1-18(2)22-15-19(3)20(4)25(17-22)26-24-10-9-23(28(6)13-7-8-14-28)16-21(24)11-12-27(26)5/h9-12,15-18H,7-8,13-14H2,1-6H3/q+1. The largest absolute Gasteiger partial charge is 0.220 e. The van der Waals surface area contributed by atoms with E-state index >= 15 is 0 Å². The Bertz CT molecular complexity index is 1040. The van der Waals surface area contributed by atoms with Crippen LogP contribution in [0.1, 0.15) is 49.3 Å². The molecule has 0 aliphatic carbocycles. The van der Waals surface area contributed by atoms with Crippen LogP contribution in [-0.2, 0) is 7.05 Å². The molecule has 4 rings (SSSR count). The van der Waals surface area contributed by atoms with Gasteiger partial charge in [0.25, 0.3) is 0 Å². The molecule has 0 spiro atoms. The van der Waals surface area contributed by atoms with Crippen LogP contribution in [0, 0.1) is 13.8 Å². The van der Waals surface area contributed by atoms with Gasteiger partial charge in [-0.1, -0.05) is 68.7 Å².